The fourth-order valence-electron chi connectivity index (χ4n) is 1.02. The highest BCUT2D eigenvalue weighted by Crippen LogP contribution is 2.16. The molecule has 0 radical (unpaired) electrons. The van der Waals surface area contributed by atoms with Gasteiger partial charge < -0.3 is 0 Å². The maximum atomic E-state index is 5.91. The molecule has 0 spiro atoms. The molecule has 0 unspecified atom stereocenters. The van der Waals surface area contributed by atoms with Crippen LogP contribution in [0.15, 0.2) is 41.6 Å². The minimum absolute atomic E-state index is 1.02. The van der Waals surface area contributed by atoms with E-state index in [-0.39, 0.29) is 0 Å². The van der Waals surface area contributed by atoms with E-state index < -0.39 is 0 Å². The van der Waals surface area contributed by atoms with Gasteiger partial charge in [-0.25, -0.2) is 5.84 Å². The molecule has 1 aromatic rings. The molecule has 0 saturated heterocycles. The lowest BCUT2D eigenvalue weighted by atomic mass is 10.2. The third kappa shape index (κ3) is 4.17. The second-order valence-corrected chi connectivity index (χ2v) is 3.29. The van der Waals surface area contributed by atoms with Gasteiger partial charge in [0.25, 0.3) is 0 Å². The molecule has 0 bridgehead atoms. The summed E-state index contributed by atoms with van der Waals surface area (Å²) in [6.45, 7) is 10.1. The van der Waals surface area contributed by atoms with Gasteiger partial charge in [-0.05, 0) is 32.9 Å². The quantitative estimate of drug-likeness (QED) is 0.590. The van der Waals surface area contributed by atoms with Crippen molar-refractivity contribution in [3.63, 3.8) is 0 Å². The van der Waals surface area contributed by atoms with Crippen molar-refractivity contribution in [1.82, 2.24) is 0 Å². The smallest absolute Gasteiger partial charge is 0.0571 e. The van der Waals surface area contributed by atoms with Crippen LogP contribution in [-0.2, 0) is 0 Å². The zero-order valence-electron chi connectivity index (χ0n) is 10.4. The van der Waals surface area contributed by atoms with Gasteiger partial charge in [0.05, 0.1) is 5.69 Å². The fourth-order valence-corrected chi connectivity index (χ4v) is 1.02. The third-order valence-corrected chi connectivity index (χ3v) is 2.12. The molecule has 2 nitrogen and oxygen atoms in total. The molecule has 0 aromatic heterocycles. The number of hydrogen-bond donors (Lipinski definition) is 1. The molecule has 2 heteroatoms. The van der Waals surface area contributed by atoms with E-state index in [0.29, 0.717) is 0 Å². The number of hydrazine groups is 1. The first-order chi connectivity index (χ1) is 7.13. The van der Waals surface area contributed by atoms with Gasteiger partial charge in [-0.3, -0.25) is 5.01 Å². The molecule has 0 heterocycles. The van der Waals surface area contributed by atoms with Crippen molar-refractivity contribution < 1.29 is 0 Å². The molecule has 2 N–H and O–H groups in total. The number of nitrogens with two attached hydrogens (primary N) is 1. The second kappa shape index (κ2) is 7.07. The Kier molecular flexibility index (Phi) is 6.47. The van der Waals surface area contributed by atoms with Crippen LogP contribution in [0.1, 0.15) is 34.6 Å². The van der Waals surface area contributed by atoms with Gasteiger partial charge in [-0.1, -0.05) is 37.6 Å². The topological polar surface area (TPSA) is 29.3 Å². The number of allylic oxidation sites excluding steroid dienone is 2. The Labute approximate surface area is 93.4 Å². The van der Waals surface area contributed by atoms with Crippen molar-refractivity contribution in [2.45, 2.75) is 34.6 Å². The Bertz CT molecular complexity index is 298. The van der Waals surface area contributed by atoms with Crippen molar-refractivity contribution in [3.8, 4) is 0 Å². The van der Waals surface area contributed by atoms with Gasteiger partial charge in [-0.15, -0.1) is 0 Å². The van der Waals surface area contributed by atoms with Crippen molar-refractivity contribution in [2.75, 3.05) is 5.01 Å². The van der Waals surface area contributed by atoms with Crippen LogP contribution in [0.3, 0.4) is 0 Å². The lowest BCUT2D eigenvalue weighted by molar-refractivity contribution is 0.968. The fraction of sp³-hybridized carbons (Fsp3) is 0.385. The minimum atomic E-state index is 1.02. The molecule has 84 valence electrons. The van der Waals surface area contributed by atoms with Crippen molar-refractivity contribution in [3.05, 3.63) is 41.6 Å². The predicted molar refractivity (Wildman–Crippen MR) is 68.5 cm³/mol. The van der Waals surface area contributed by atoms with Crippen LogP contribution >= 0.6 is 0 Å². The van der Waals surface area contributed by atoms with Crippen LogP contribution in [0.2, 0.25) is 0 Å². The first-order valence-electron chi connectivity index (χ1n) is 5.37. The summed E-state index contributed by atoms with van der Waals surface area (Å²) in [4.78, 5) is 0. The van der Waals surface area contributed by atoms with Gasteiger partial charge in [0.2, 0.25) is 0 Å². The highest BCUT2D eigenvalue weighted by atomic mass is 15.4. The number of para-hydroxylation sites is 1. The number of anilines is 1. The largest absolute Gasteiger partial charge is 0.284 e. The number of nitrogens with zero attached hydrogens (tertiary/aromatic N) is 1. The number of hydrogen-bond acceptors (Lipinski definition) is 2. The summed E-state index contributed by atoms with van der Waals surface area (Å²) in [5.41, 5.74) is 3.33. The van der Waals surface area contributed by atoms with E-state index in [1.807, 2.05) is 51.1 Å². The molecule has 0 aliphatic heterocycles. The summed E-state index contributed by atoms with van der Waals surface area (Å²) in [5.74, 6) is 5.91. The van der Waals surface area contributed by atoms with Crippen LogP contribution < -0.4 is 10.9 Å². The highest BCUT2D eigenvalue weighted by molar-refractivity contribution is 5.50. The maximum Gasteiger partial charge on any atom is 0.0571 e. The molecule has 0 amide bonds. The van der Waals surface area contributed by atoms with E-state index in [0.717, 1.165) is 11.4 Å². The summed E-state index contributed by atoms with van der Waals surface area (Å²) >= 11 is 0. The summed E-state index contributed by atoms with van der Waals surface area (Å²) in [6, 6.07) is 9.93. The Morgan fingerprint density at radius 3 is 1.87 bits per heavy atom. The Hall–Kier alpha value is -1.28. The van der Waals surface area contributed by atoms with E-state index in [1.165, 1.54) is 5.57 Å². The molecule has 1 rings (SSSR count). The monoisotopic (exact) mass is 206 g/mol. The van der Waals surface area contributed by atoms with Crippen LogP contribution in [0, 0.1) is 0 Å². The van der Waals surface area contributed by atoms with Gasteiger partial charge in [0.15, 0.2) is 0 Å². The SMILES string of the molecule is CC.CC(C)=C(C)N(N)c1ccccc1. The summed E-state index contributed by atoms with van der Waals surface area (Å²) in [7, 11) is 0. The van der Waals surface area contributed by atoms with Gasteiger partial charge in [0, 0.05) is 5.70 Å². The van der Waals surface area contributed by atoms with Crippen LogP contribution in [-0.4, -0.2) is 0 Å². The average molecular weight is 206 g/mol. The lowest BCUT2D eigenvalue weighted by Crippen LogP contribution is -2.29. The lowest BCUT2D eigenvalue weighted by Gasteiger charge is -2.20. The number of benzene rings is 1. The zero-order chi connectivity index (χ0) is 11.8. The molecule has 0 fully saturated rings. The molecule has 1 aromatic carbocycles. The highest BCUT2D eigenvalue weighted by Gasteiger charge is 2.02. The molecule has 15 heavy (non-hydrogen) atoms. The normalized spacial score (nSPS) is 8.67. The van der Waals surface area contributed by atoms with E-state index >= 15 is 0 Å². The maximum absolute atomic E-state index is 5.91. The minimum Gasteiger partial charge on any atom is -0.284 e. The van der Waals surface area contributed by atoms with Gasteiger partial charge in [-0.2, -0.15) is 0 Å². The molecular formula is C13H22N2. The predicted octanol–water partition coefficient (Wildman–Crippen LogP) is 3.71. The first kappa shape index (κ1) is 13.7. The van der Waals surface area contributed by atoms with Gasteiger partial charge in [0.1, 0.15) is 0 Å². The second-order valence-electron chi connectivity index (χ2n) is 3.29. The van der Waals surface area contributed by atoms with E-state index in [1.54, 1.807) is 5.01 Å². The van der Waals surface area contributed by atoms with E-state index in [2.05, 4.69) is 13.8 Å². The molecule has 0 aliphatic rings. The Morgan fingerprint density at radius 1 is 1.00 bits per heavy atom. The van der Waals surface area contributed by atoms with Crippen molar-refractivity contribution >= 4 is 5.69 Å². The molecular weight excluding hydrogens is 184 g/mol. The summed E-state index contributed by atoms with van der Waals surface area (Å²) in [5, 5.41) is 1.70. The third-order valence-electron chi connectivity index (χ3n) is 2.12. The van der Waals surface area contributed by atoms with Crippen LogP contribution in [0.25, 0.3) is 0 Å². The Balaban J connectivity index is 0.000000921. The molecule has 0 atom stereocenters. The van der Waals surface area contributed by atoms with Crippen LogP contribution in [0.5, 0.6) is 0 Å². The average Bonchev–Trinajstić information content (AvgIpc) is 2.31. The summed E-state index contributed by atoms with van der Waals surface area (Å²) < 4.78 is 0. The Morgan fingerprint density at radius 2 is 1.47 bits per heavy atom. The molecule has 0 aliphatic carbocycles. The standard InChI is InChI=1S/C11H16N2.C2H6/c1-9(2)10(3)13(12)11-7-5-4-6-8-11;1-2/h4-8H,12H2,1-3H3;1-2H3. The zero-order valence-corrected chi connectivity index (χ0v) is 10.4. The van der Waals surface area contributed by atoms with Crippen molar-refractivity contribution in [2.24, 2.45) is 5.84 Å². The van der Waals surface area contributed by atoms with Crippen molar-refractivity contribution in [1.29, 1.82) is 0 Å². The molecule has 0 saturated carbocycles. The van der Waals surface area contributed by atoms with E-state index in [4.69, 9.17) is 5.84 Å². The number of rotatable bonds is 2. The van der Waals surface area contributed by atoms with E-state index in [9.17, 15) is 0 Å². The van der Waals surface area contributed by atoms with Crippen LogP contribution in [0.4, 0.5) is 5.69 Å². The van der Waals surface area contributed by atoms with Gasteiger partial charge >= 0.3 is 0 Å². The first-order valence-corrected chi connectivity index (χ1v) is 5.37. The summed E-state index contributed by atoms with van der Waals surface area (Å²) in [6.07, 6.45) is 0.